The molecule has 0 saturated carbocycles. The third kappa shape index (κ3) is 2.32. The molecule has 1 N–H and O–H groups in total. The van der Waals surface area contributed by atoms with E-state index in [9.17, 15) is 20.2 Å². The predicted octanol–water partition coefficient (Wildman–Crippen LogP) is 4.49. The Balaban J connectivity index is 2.02. The van der Waals surface area contributed by atoms with E-state index in [0.717, 1.165) is 21.8 Å². The first-order valence-corrected chi connectivity index (χ1v) is 7.75. The molecule has 0 bridgehead atoms. The van der Waals surface area contributed by atoms with Crippen molar-refractivity contribution >= 4 is 38.9 Å². The summed E-state index contributed by atoms with van der Waals surface area (Å²) in [6, 6.07) is 18.8. The second-order valence-electron chi connectivity index (χ2n) is 5.67. The third-order valence-corrected chi connectivity index (χ3v) is 4.22. The zero-order chi connectivity index (χ0) is 18.3. The lowest BCUT2D eigenvalue weighted by Crippen LogP contribution is -2.12. The fraction of sp³-hybridized carbons (Fsp3) is 0. The van der Waals surface area contributed by atoms with Gasteiger partial charge in [-0.2, -0.15) is 0 Å². The van der Waals surface area contributed by atoms with Gasteiger partial charge in [0.05, 0.1) is 20.9 Å². The van der Waals surface area contributed by atoms with Crippen LogP contribution in [0, 0.1) is 20.2 Å². The maximum absolute atomic E-state index is 11.4. The smallest absolute Gasteiger partial charge is 0.282 e. The van der Waals surface area contributed by atoms with Crippen molar-refractivity contribution in [2.24, 2.45) is 0 Å². The van der Waals surface area contributed by atoms with E-state index in [-0.39, 0.29) is 17.1 Å². The van der Waals surface area contributed by atoms with Gasteiger partial charge in [-0.1, -0.05) is 36.4 Å². The van der Waals surface area contributed by atoms with Gasteiger partial charge in [-0.05, 0) is 18.2 Å². The number of nitro benzene ring substituents is 2. The van der Waals surface area contributed by atoms with Crippen LogP contribution in [0.5, 0.6) is 0 Å². The van der Waals surface area contributed by atoms with Crippen LogP contribution in [0.25, 0.3) is 21.8 Å². The SMILES string of the molecule is O=[N+]([O-])c1cccc([N+](=O)[O-])c1Nn1c2ccccc2c2ccccc21. The van der Waals surface area contributed by atoms with E-state index >= 15 is 0 Å². The molecule has 3 aromatic carbocycles. The Morgan fingerprint density at radius 3 is 1.62 bits per heavy atom. The van der Waals surface area contributed by atoms with Crippen molar-refractivity contribution in [3.63, 3.8) is 0 Å². The summed E-state index contributed by atoms with van der Waals surface area (Å²) in [4.78, 5) is 21.5. The van der Waals surface area contributed by atoms with Gasteiger partial charge in [-0.25, -0.2) is 0 Å². The molecule has 0 aliphatic rings. The number of benzene rings is 3. The number of nitro groups is 2. The molecule has 0 unspecified atom stereocenters. The van der Waals surface area contributed by atoms with E-state index in [1.807, 2.05) is 48.5 Å². The molecule has 8 nitrogen and oxygen atoms in total. The first-order valence-electron chi connectivity index (χ1n) is 7.75. The zero-order valence-electron chi connectivity index (χ0n) is 13.3. The average molecular weight is 348 g/mol. The Labute approximate surface area is 146 Å². The van der Waals surface area contributed by atoms with E-state index in [2.05, 4.69) is 5.43 Å². The van der Waals surface area contributed by atoms with Crippen LogP contribution in [0.15, 0.2) is 66.7 Å². The second-order valence-corrected chi connectivity index (χ2v) is 5.67. The Morgan fingerprint density at radius 2 is 1.15 bits per heavy atom. The normalized spacial score (nSPS) is 10.9. The molecule has 0 saturated heterocycles. The number of nitrogens with zero attached hydrogens (tertiary/aromatic N) is 3. The number of hydrogen-bond donors (Lipinski definition) is 1. The number of rotatable bonds is 4. The van der Waals surface area contributed by atoms with Gasteiger partial charge in [-0.15, -0.1) is 0 Å². The minimum absolute atomic E-state index is 0.158. The number of nitrogens with one attached hydrogen (secondary N) is 1. The molecule has 0 fully saturated rings. The van der Waals surface area contributed by atoms with E-state index in [4.69, 9.17) is 0 Å². The molecule has 26 heavy (non-hydrogen) atoms. The Hall–Kier alpha value is -3.94. The monoisotopic (exact) mass is 348 g/mol. The van der Waals surface area contributed by atoms with Gasteiger partial charge in [0.1, 0.15) is 0 Å². The lowest BCUT2D eigenvalue weighted by molar-refractivity contribution is -0.392. The summed E-state index contributed by atoms with van der Waals surface area (Å²) >= 11 is 0. The minimum Gasteiger partial charge on any atom is -0.282 e. The molecule has 0 radical (unpaired) electrons. The molecule has 0 aliphatic heterocycles. The van der Waals surface area contributed by atoms with Gasteiger partial charge in [0.2, 0.25) is 5.69 Å². The Bertz CT molecular complexity index is 1100. The summed E-state index contributed by atoms with van der Waals surface area (Å²) in [5.74, 6) is 0. The molecule has 1 aromatic heterocycles. The van der Waals surface area contributed by atoms with Crippen LogP contribution in [-0.4, -0.2) is 14.5 Å². The summed E-state index contributed by atoms with van der Waals surface area (Å²) in [6.45, 7) is 0. The fourth-order valence-corrected chi connectivity index (χ4v) is 3.10. The van der Waals surface area contributed by atoms with Crippen molar-refractivity contribution in [3.05, 3.63) is 87.0 Å². The molecular weight excluding hydrogens is 336 g/mol. The highest BCUT2D eigenvalue weighted by Crippen LogP contribution is 2.36. The lowest BCUT2D eigenvalue weighted by Gasteiger charge is -2.11. The van der Waals surface area contributed by atoms with Gasteiger partial charge >= 0.3 is 11.4 Å². The van der Waals surface area contributed by atoms with Gasteiger partial charge in [0.25, 0.3) is 0 Å². The molecule has 0 amide bonds. The number of para-hydroxylation sites is 3. The highest BCUT2D eigenvalue weighted by atomic mass is 16.6. The molecule has 0 atom stereocenters. The van der Waals surface area contributed by atoms with E-state index in [1.54, 1.807) is 4.68 Å². The van der Waals surface area contributed by atoms with Crippen molar-refractivity contribution in [2.75, 3.05) is 5.43 Å². The summed E-state index contributed by atoms with van der Waals surface area (Å²) in [7, 11) is 0. The summed E-state index contributed by atoms with van der Waals surface area (Å²) in [6.07, 6.45) is 0. The van der Waals surface area contributed by atoms with E-state index in [0.29, 0.717) is 0 Å². The Kier molecular flexibility index (Phi) is 3.51. The van der Waals surface area contributed by atoms with Crippen molar-refractivity contribution in [3.8, 4) is 0 Å². The molecule has 4 rings (SSSR count). The van der Waals surface area contributed by atoms with Crippen LogP contribution in [0.2, 0.25) is 0 Å². The molecule has 8 heteroatoms. The topological polar surface area (TPSA) is 103 Å². The minimum atomic E-state index is -0.636. The number of anilines is 1. The number of aromatic nitrogens is 1. The van der Waals surface area contributed by atoms with E-state index < -0.39 is 9.85 Å². The largest absolute Gasteiger partial charge is 0.301 e. The van der Waals surface area contributed by atoms with Gasteiger partial charge in [-0.3, -0.25) is 30.3 Å². The predicted molar refractivity (Wildman–Crippen MR) is 98.2 cm³/mol. The van der Waals surface area contributed by atoms with Crippen LogP contribution in [0.4, 0.5) is 17.1 Å². The van der Waals surface area contributed by atoms with Crippen molar-refractivity contribution in [1.29, 1.82) is 0 Å². The quantitative estimate of drug-likeness (QED) is 0.432. The summed E-state index contributed by atoms with van der Waals surface area (Å²) in [5, 5.41) is 24.7. The summed E-state index contributed by atoms with van der Waals surface area (Å²) < 4.78 is 1.64. The van der Waals surface area contributed by atoms with Crippen LogP contribution in [-0.2, 0) is 0 Å². The molecule has 0 aliphatic carbocycles. The second kappa shape index (κ2) is 5.85. The van der Waals surface area contributed by atoms with Crippen LogP contribution in [0.1, 0.15) is 0 Å². The summed E-state index contributed by atoms with van der Waals surface area (Å²) in [5.41, 5.74) is 3.55. The van der Waals surface area contributed by atoms with Gasteiger partial charge < -0.3 is 0 Å². The highest BCUT2D eigenvalue weighted by molar-refractivity contribution is 6.08. The van der Waals surface area contributed by atoms with Crippen LogP contribution in [0.3, 0.4) is 0 Å². The van der Waals surface area contributed by atoms with Gasteiger partial charge in [0.15, 0.2) is 0 Å². The maximum atomic E-state index is 11.4. The maximum Gasteiger partial charge on any atom is 0.301 e. The zero-order valence-corrected chi connectivity index (χ0v) is 13.3. The van der Waals surface area contributed by atoms with Crippen LogP contribution < -0.4 is 5.43 Å². The van der Waals surface area contributed by atoms with Crippen molar-refractivity contribution < 1.29 is 9.85 Å². The fourth-order valence-electron chi connectivity index (χ4n) is 3.10. The van der Waals surface area contributed by atoms with Crippen molar-refractivity contribution in [1.82, 2.24) is 4.68 Å². The molecule has 128 valence electrons. The Morgan fingerprint density at radius 1 is 0.692 bits per heavy atom. The lowest BCUT2D eigenvalue weighted by atomic mass is 10.2. The average Bonchev–Trinajstić information content (AvgIpc) is 2.96. The molecule has 4 aromatic rings. The first kappa shape index (κ1) is 15.6. The van der Waals surface area contributed by atoms with Crippen molar-refractivity contribution in [2.45, 2.75) is 0 Å². The van der Waals surface area contributed by atoms with Gasteiger partial charge in [0, 0.05) is 22.9 Å². The van der Waals surface area contributed by atoms with E-state index in [1.165, 1.54) is 18.2 Å². The highest BCUT2D eigenvalue weighted by Gasteiger charge is 2.26. The molecule has 1 heterocycles. The number of fused-ring (bicyclic) bond motifs is 3. The first-order chi connectivity index (χ1) is 12.6. The number of hydrogen-bond acceptors (Lipinski definition) is 5. The molecule has 0 spiro atoms. The standard InChI is InChI=1S/C18H12N4O4/c23-21(24)16-10-5-11-17(22(25)26)18(16)19-20-14-8-3-1-6-12(14)13-7-2-4-9-15(13)20/h1-11,19H. The third-order valence-electron chi connectivity index (χ3n) is 4.22. The van der Waals surface area contributed by atoms with Crippen LogP contribution >= 0.6 is 0 Å². The molecular formula is C18H12N4O4.